The summed E-state index contributed by atoms with van der Waals surface area (Å²) in [7, 11) is -0.0460. The minimum absolute atomic E-state index is 0.00389. The second-order valence-electron chi connectivity index (χ2n) is 10.9. The monoisotopic (exact) mass is 516 g/mol. The van der Waals surface area contributed by atoms with E-state index in [0.717, 1.165) is 35.7 Å². The van der Waals surface area contributed by atoms with Crippen LogP contribution in [0.1, 0.15) is 79.3 Å². The molecule has 9 heteroatoms. The van der Waals surface area contributed by atoms with Crippen LogP contribution < -0.4 is 5.32 Å². The van der Waals surface area contributed by atoms with Gasteiger partial charge in [0.1, 0.15) is 11.4 Å². The molecule has 1 aliphatic carbocycles. The fraction of sp³-hybridized carbons (Fsp3) is 0.667. The molecule has 0 unspecified atom stereocenters. The Morgan fingerprint density at radius 2 is 1.83 bits per heavy atom. The molecule has 1 aromatic rings. The predicted octanol–water partition coefficient (Wildman–Crippen LogP) is 3.29. The van der Waals surface area contributed by atoms with Crippen LogP contribution in [0, 0.1) is 12.8 Å². The van der Waals surface area contributed by atoms with E-state index in [0.29, 0.717) is 37.9 Å². The molecule has 36 heavy (non-hydrogen) atoms. The molecule has 0 radical (unpaired) electrons. The first-order chi connectivity index (χ1) is 17.1. The molecule has 1 N–H and O–H groups in total. The number of hydrogen-bond acceptors (Lipinski definition) is 5. The first-order valence-electron chi connectivity index (χ1n) is 13.3. The summed E-state index contributed by atoms with van der Waals surface area (Å²) in [6.45, 7) is 2.52. The van der Waals surface area contributed by atoms with Crippen LogP contribution in [-0.4, -0.2) is 73.7 Å². The van der Waals surface area contributed by atoms with Crippen LogP contribution in [0.5, 0.6) is 0 Å². The fourth-order valence-electron chi connectivity index (χ4n) is 5.73. The number of piperidine rings is 1. The molecule has 1 saturated heterocycles. The Morgan fingerprint density at radius 3 is 2.47 bits per heavy atom. The Balaban J connectivity index is 1.31. The third-order valence-corrected chi connectivity index (χ3v) is 9.98. The number of carbonyl (C=O) groups excluding carboxylic acids is 2. The van der Waals surface area contributed by atoms with Gasteiger partial charge in [-0.05, 0) is 61.8 Å². The number of benzene rings is 1. The van der Waals surface area contributed by atoms with Gasteiger partial charge in [-0.3, -0.25) is 14.6 Å². The first-order valence-corrected chi connectivity index (χ1v) is 14.9. The lowest BCUT2D eigenvalue weighted by Crippen LogP contribution is -2.50. The first kappa shape index (κ1) is 26.8. The quantitative estimate of drug-likeness (QED) is 0.573. The topological polar surface area (TPSA) is 99.2 Å². The summed E-state index contributed by atoms with van der Waals surface area (Å²) in [6, 6.07) is 5.42. The zero-order valence-corrected chi connectivity index (χ0v) is 22.7. The largest absolute Gasteiger partial charge is 0.345 e. The van der Waals surface area contributed by atoms with Crippen molar-refractivity contribution in [3.63, 3.8) is 0 Å². The van der Waals surface area contributed by atoms with Crippen LogP contribution in [-0.2, 0) is 21.2 Å². The molecule has 1 saturated carbocycles. The number of amides is 2. The number of sulfonamides is 1. The summed E-state index contributed by atoms with van der Waals surface area (Å²) in [5.41, 5.74) is 1.62. The fourth-order valence-corrected chi connectivity index (χ4v) is 7.20. The molecule has 2 heterocycles. The standard InChI is InChI=1S/C27H40N4O4S/c1-20-19-23(25(32)30(2)3)11-10-22(20)13-18-36(34,35)31-16-14-27(15-17-31)26(33)28-24(29-27)12-9-21-7-5-4-6-8-21/h10-11,19,21H,4-9,12-18H2,1-3H3,(H,28,29,33). The Hall–Kier alpha value is -2.26. The van der Waals surface area contributed by atoms with Gasteiger partial charge < -0.3 is 10.2 Å². The summed E-state index contributed by atoms with van der Waals surface area (Å²) in [5.74, 6) is 1.38. The highest BCUT2D eigenvalue weighted by Crippen LogP contribution is 2.33. The van der Waals surface area contributed by atoms with E-state index in [4.69, 9.17) is 4.99 Å². The molecule has 3 aliphatic rings. The molecule has 0 atom stereocenters. The zero-order valence-electron chi connectivity index (χ0n) is 21.9. The molecular weight excluding hydrogens is 476 g/mol. The van der Waals surface area contributed by atoms with Gasteiger partial charge in [-0.2, -0.15) is 0 Å². The third-order valence-electron chi connectivity index (χ3n) is 8.11. The second kappa shape index (κ2) is 11.0. The maximum Gasteiger partial charge on any atom is 0.253 e. The summed E-state index contributed by atoms with van der Waals surface area (Å²) in [6.07, 6.45) is 9.59. The highest BCUT2D eigenvalue weighted by Gasteiger charge is 2.47. The van der Waals surface area contributed by atoms with Gasteiger partial charge in [-0.25, -0.2) is 12.7 Å². The van der Waals surface area contributed by atoms with Crippen molar-refractivity contribution in [2.45, 2.75) is 76.7 Å². The normalized spacial score (nSPS) is 20.9. The molecule has 0 bridgehead atoms. The van der Waals surface area contributed by atoms with E-state index < -0.39 is 15.6 Å². The summed E-state index contributed by atoms with van der Waals surface area (Å²) in [5, 5.41) is 3.00. The maximum atomic E-state index is 13.1. The van der Waals surface area contributed by atoms with Gasteiger partial charge in [0.05, 0.1) is 5.75 Å². The van der Waals surface area contributed by atoms with Crippen LogP contribution in [0.2, 0.25) is 0 Å². The number of carbonyl (C=O) groups is 2. The van der Waals surface area contributed by atoms with Crippen LogP contribution in [0.15, 0.2) is 23.2 Å². The van der Waals surface area contributed by atoms with E-state index in [1.807, 2.05) is 19.1 Å². The van der Waals surface area contributed by atoms with E-state index in [1.54, 1.807) is 20.2 Å². The van der Waals surface area contributed by atoms with Crippen LogP contribution in [0.3, 0.4) is 0 Å². The minimum Gasteiger partial charge on any atom is -0.345 e. The maximum absolute atomic E-state index is 13.1. The van der Waals surface area contributed by atoms with Crippen LogP contribution >= 0.6 is 0 Å². The highest BCUT2D eigenvalue weighted by molar-refractivity contribution is 7.89. The zero-order chi connectivity index (χ0) is 25.9. The average Bonchev–Trinajstić information content (AvgIpc) is 3.16. The SMILES string of the molecule is Cc1cc(C(=O)N(C)C)ccc1CCS(=O)(=O)N1CCC2(CC1)N=C(CCC1CCCCC1)NC2=O. The molecule has 0 aromatic heterocycles. The van der Waals surface area contributed by atoms with Crippen molar-refractivity contribution in [1.82, 2.24) is 14.5 Å². The van der Waals surface area contributed by atoms with E-state index in [2.05, 4.69) is 5.32 Å². The Kier molecular flexibility index (Phi) is 8.19. The molecule has 8 nitrogen and oxygen atoms in total. The number of hydrogen-bond donors (Lipinski definition) is 1. The molecule has 4 rings (SSSR count). The van der Waals surface area contributed by atoms with Gasteiger partial charge in [-0.1, -0.05) is 38.2 Å². The summed E-state index contributed by atoms with van der Waals surface area (Å²) < 4.78 is 27.7. The highest BCUT2D eigenvalue weighted by atomic mass is 32.2. The molecular formula is C27H40N4O4S. The van der Waals surface area contributed by atoms with Crippen molar-refractivity contribution >= 4 is 27.7 Å². The van der Waals surface area contributed by atoms with Crippen LogP contribution in [0.25, 0.3) is 0 Å². The number of nitrogens with one attached hydrogen (secondary N) is 1. The summed E-state index contributed by atoms with van der Waals surface area (Å²) >= 11 is 0. The molecule has 198 valence electrons. The van der Waals surface area contributed by atoms with E-state index in [1.165, 1.54) is 41.3 Å². The molecule has 2 fully saturated rings. The van der Waals surface area contributed by atoms with Gasteiger partial charge in [0, 0.05) is 39.2 Å². The smallest absolute Gasteiger partial charge is 0.253 e. The van der Waals surface area contributed by atoms with Gasteiger partial charge >= 0.3 is 0 Å². The van der Waals surface area contributed by atoms with Crippen molar-refractivity contribution in [2.75, 3.05) is 32.9 Å². The van der Waals surface area contributed by atoms with Crippen LogP contribution in [0.4, 0.5) is 0 Å². The number of aryl methyl sites for hydroxylation is 2. The van der Waals surface area contributed by atoms with E-state index >= 15 is 0 Å². The number of rotatable bonds is 8. The van der Waals surface area contributed by atoms with Crippen molar-refractivity contribution < 1.29 is 18.0 Å². The summed E-state index contributed by atoms with van der Waals surface area (Å²) in [4.78, 5) is 31.3. The molecule has 1 aromatic carbocycles. The van der Waals surface area contributed by atoms with Crippen molar-refractivity contribution in [3.8, 4) is 0 Å². The Morgan fingerprint density at radius 1 is 1.14 bits per heavy atom. The molecule has 1 spiro atoms. The minimum atomic E-state index is -3.46. The predicted molar refractivity (Wildman–Crippen MR) is 142 cm³/mol. The van der Waals surface area contributed by atoms with Crippen molar-refractivity contribution in [2.24, 2.45) is 10.9 Å². The second-order valence-corrected chi connectivity index (χ2v) is 13.0. The van der Waals surface area contributed by atoms with E-state index in [-0.39, 0.29) is 17.6 Å². The lowest BCUT2D eigenvalue weighted by molar-refractivity contribution is -0.124. The lowest BCUT2D eigenvalue weighted by atomic mass is 9.86. The van der Waals surface area contributed by atoms with Crippen molar-refractivity contribution in [1.29, 1.82) is 0 Å². The average molecular weight is 517 g/mol. The lowest BCUT2D eigenvalue weighted by Gasteiger charge is -2.34. The van der Waals surface area contributed by atoms with Gasteiger partial charge in [0.25, 0.3) is 11.8 Å². The van der Waals surface area contributed by atoms with E-state index in [9.17, 15) is 18.0 Å². The van der Waals surface area contributed by atoms with Gasteiger partial charge in [0.2, 0.25) is 10.0 Å². The van der Waals surface area contributed by atoms with Gasteiger partial charge in [0.15, 0.2) is 0 Å². The number of amidine groups is 1. The Bertz CT molecular complexity index is 1110. The Labute approximate surface area is 215 Å². The number of aliphatic imine (C=N–C) groups is 1. The number of nitrogens with zero attached hydrogens (tertiary/aromatic N) is 3. The van der Waals surface area contributed by atoms with Gasteiger partial charge in [-0.15, -0.1) is 0 Å². The molecule has 2 aliphatic heterocycles. The third kappa shape index (κ3) is 5.99. The molecule has 2 amide bonds. The van der Waals surface area contributed by atoms with Crippen molar-refractivity contribution in [3.05, 3.63) is 34.9 Å².